The van der Waals surface area contributed by atoms with E-state index in [4.69, 9.17) is 5.11 Å². The Bertz CT molecular complexity index is 44.8. The van der Waals surface area contributed by atoms with Crippen LogP contribution in [0.15, 0.2) is 12.7 Å². The molecule has 0 atom stereocenters. The van der Waals surface area contributed by atoms with Gasteiger partial charge in [-0.1, -0.05) is 6.58 Å². The van der Waals surface area contributed by atoms with Gasteiger partial charge in [0.25, 0.3) is 0 Å². The molecule has 0 aromatic rings. The first-order valence-electron chi connectivity index (χ1n) is 1.56. The molecule has 0 aliphatic heterocycles. The molecule has 0 saturated carbocycles. The van der Waals surface area contributed by atoms with Crippen LogP contribution in [0.3, 0.4) is 0 Å². The Labute approximate surface area is 36.1 Å². The fraction of sp³-hybridized carbons (Fsp3) is 0.250. The van der Waals surface area contributed by atoms with Crippen LogP contribution in [0.25, 0.3) is 0 Å². The minimum Gasteiger partial charge on any atom is -0.393 e. The predicted octanol–water partition coefficient (Wildman–Crippen LogP) is 0.666. The topological polar surface area (TPSA) is 20.2 Å². The van der Waals surface area contributed by atoms with Crippen molar-refractivity contribution in [2.45, 2.75) is 0 Å². The molecule has 1 N–H and O–H groups in total. The van der Waals surface area contributed by atoms with Gasteiger partial charge in [-0.3, -0.25) is 0 Å². The minimum absolute atomic E-state index is 0.538. The van der Waals surface area contributed by atoms with Crippen LogP contribution in [0.2, 0.25) is 0 Å². The second kappa shape index (κ2) is 2.85. The zero-order chi connectivity index (χ0) is 4.99. The fourth-order valence-corrected chi connectivity index (χ4v) is 0.0645. The standard InChI is InChI=1S/C4H6FO/c1-2-4(5)3-6/h2,6H,1,3H2. The molecule has 1 radical (unpaired) electrons. The molecule has 0 amide bonds. The lowest BCUT2D eigenvalue weighted by Crippen LogP contribution is -1.87. The Morgan fingerprint density at radius 2 is 2.50 bits per heavy atom. The van der Waals surface area contributed by atoms with Gasteiger partial charge in [-0.25, -0.2) is 4.39 Å². The Balaban J connectivity index is 2.96. The summed E-state index contributed by atoms with van der Waals surface area (Å²) < 4.78 is 11.4. The molecule has 0 bridgehead atoms. The van der Waals surface area contributed by atoms with Gasteiger partial charge >= 0.3 is 0 Å². The lowest BCUT2D eigenvalue weighted by atomic mass is 10.4. The molecule has 6 heavy (non-hydrogen) atoms. The van der Waals surface area contributed by atoms with E-state index in [0.29, 0.717) is 0 Å². The SMILES string of the molecule is C=C[C](F)CO. The van der Waals surface area contributed by atoms with Crippen LogP contribution >= 0.6 is 0 Å². The first-order valence-corrected chi connectivity index (χ1v) is 1.56. The highest BCUT2D eigenvalue weighted by molar-refractivity contribution is 4.94. The summed E-state index contributed by atoms with van der Waals surface area (Å²) in [5.41, 5.74) is 0. The first-order chi connectivity index (χ1) is 2.81. The highest BCUT2D eigenvalue weighted by atomic mass is 19.1. The van der Waals surface area contributed by atoms with Crippen molar-refractivity contribution in [2.24, 2.45) is 0 Å². The maximum Gasteiger partial charge on any atom is 0.191 e. The van der Waals surface area contributed by atoms with Gasteiger partial charge in [0, 0.05) is 0 Å². The summed E-state index contributed by atoms with van der Waals surface area (Å²) in [6.45, 7) is 2.52. The van der Waals surface area contributed by atoms with Gasteiger partial charge in [-0.2, -0.15) is 0 Å². The summed E-state index contributed by atoms with van der Waals surface area (Å²) in [5, 5.41) is 7.85. The number of hydrogen-bond acceptors (Lipinski definition) is 1. The average molecular weight is 89.1 g/mol. The molecule has 0 heterocycles. The van der Waals surface area contributed by atoms with Gasteiger partial charge in [0.15, 0.2) is 6.17 Å². The van der Waals surface area contributed by atoms with E-state index in [1.54, 1.807) is 0 Å². The molecule has 0 aromatic carbocycles. The molecule has 0 aliphatic rings. The van der Waals surface area contributed by atoms with Gasteiger partial charge in [-0.05, 0) is 6.08 Å². The van der Waals surface area contributed by atoms with Crippen molar-refractivity contribution < 1.29 is 9.50 Å². The van der Waals surface area contributed by atoms with Crippen molar-refractivity contribution in [3.63, 3.8) is 0 Å². The first kappa shape index (κ1) is 5.63. The summed E-state index contributed by atoms with van der Waals surface area (Å²) in [5.74, 6) is 0. The number of aliphatic hydroxyl groups is 1. The summed E-state index contributed by atoms with van der Waals surface area (Å²) in [6.07, 6.45) is 0.384. The predicted molar refractivity (Wildman–Crippen MR) is 21.6 cm³/mol. The Hall–Kier alpha value is -0.370. The van der Waals surface area contributed by atoms with E-state index in [9.17, 15) is 4.39 Å². The van der Waals surface area contributed by atoms with Gasteiger partial charge in [0.1, 0.15) is 0 Å². The highest BCUT2D eigenvalue weighted by Gasteiger charge is 1.94. The van der Waals surface area contributed by atoms with E-state index in [1.165, 1.54) is 0 Å². The maximum absolute atomic E-state index is 11.4. The minimum atomic E-state index is -0.588. The molecule has 0 fully saturated rings. The van der Waals surface area contributed by atoms with Crippen molar-refractivity contribution >= 4 is 0 Å². The highest BCUT2D eigenvalue weighted by Crippen LogP contribution is 1.97. The third-order valence-corrected chi connectivity index (χ3v) is 0.373. The molecule has 0 unspecified atom stereocenters. The van der Waals surface area contributed by atoms with Crippen LogP contribution in [-0.2, 0) is 0 Å². The molecular formula is C4H6FO. The van der Waals surface area contributed by atoms with Crippen molar-refractivity contribution in [3.05, 3.63) is 18.8 Å². The van der Waals surface area contributed by atoms with Crippen LogP contribution in [0.1, 0.15) is 0 Å². The lowest BCUT2D eigenvalue weighted by Gasteiger charge is -1.86. The van der Waals surface area contributed by atoms with Crippen molar-refractivity contribution in [3.8, 4) is 0 Å². The molecule has 35 valence electrons. The Morgan fingerprint density at radius 1 is 2.00 bits per heavy atom. The van der Waals surface area contributed by atoms with Crippen molar-refractivity contribution in [1.82, 2.24) is 0 Å². The summed E-state index contributed by atoms with van der Waals surface area (Å²) in [4.78, 5) is 0. The molecule has 1 nitrogen and oxygen atoms in total. The van der Waals surface area contributed by atoms with Crippen LogP contribution in [0.4, 0.5) is 4.39 Å². The smallest absolute Gasteiger partial charge is 0.191 e. The van der Waals surface area contributed by atoms with Gasteiger partial charge in [0.05, 0.1) is 6.61 Å². The Morgan fingerprint density at radius 3 is 2.50 bits per heavy atom. The largest absolute Gasteiger partial charge is 0.393 e. The summed E-state index contributed by atoms with van der Waals surface area (Å²) in [7, 11) is 0. The van der Waals surface area contributed by atoms with Gasteiger partial charge in [-0.15, -0.1) is 0 Å². The van der Waals surface area contributed by atoms with E-state index in [-0.39, 0.29) is 0 Å². The maximum atomic E-state index is 11.4. The second-order valence-corrected chi connectivity index (χ2v) is 0.809. The average Bonchev–Trinajstić information content (AvgIpc) is 1.65. The third kappa shape index (κ3) is 1.91. The molecule has 0 aromatic heterocycles. The van der Waals surface area contributed by atoms with Crippen molar-refractivity contribution in [1.29, 1.82) is 0 Å². The monoisotopic (exact) mass is 89.0 g/mol. The number of hydrogen-bond donors (Lipinski definition) is 1. The third-order valence-electron chi connectivity index (χ3n) is 0.373. The van der Waals surface area contributed by atoms with Crippen LogP contribution in [0, 0.1) is 6.17 Å². The Kier molecular flexibility index (Phi) is 2.67. The van der Waals surface area contributed by atoms with Crippen molar-refractivity contribution in [2.75, 3.05) is 6.61 Å². The van der Waals surface area contributed by atoms with Gasteiger partial charge in [0.2, 0.25) is 0 Å². The van der Waals surface area contributed by atoms with E-state index in [2.05, 4.69) is 6.58 Å². The van der Waals surface area contributed by atoms with Crippen LogP contribution < -0.4 is 0 Å². The fourth-order valence-electron chi connectivity index (χ4n) is 0.0645. The molecule has 0 saturated heterocycles. The van der Waals surface area contributed by atoms with E-state index >= 15 is 0 Å². The van der Waals surface area contributed by atoms with Crippen LogP contribution in [0.5, 0.6) is 0 Å². The number of halogens is 1. The lowest BCUT2D eigenvalue weighted by molar-refractivity contribution is 0.268. The number of rotatable bonds is 2. The number of aliphatic hydroxyl groups excluding tert-OH is 1. The summed E-state index contributed by atoms with van der Waals surface area (Å²) >= 11 is 0. The van der Waals surface area contributed by atoms with Gasteiger partial charge < -0.3 is 5.11 Å². The molecular weight excluding hydrogens is 83.0 g/mol. The molecule has 0 spiro atoms. The second-order valence-electron chi connectivity index (χ2n) is 0.809. The zero-order valence-corrected chi connectivity index (χ0v) is 3.32. The van der Waals surface area contributed by atoms with E-state index in [1.807, 2.05) is 0 Å². The molecule has 0 rings (SSSR count). The zero-order valence-electron chi connectivity index (χ0n) is 3.32. The quantitative estimate of drug-likeness (QED) is 0.527. The van der Waals surface area contributed by atoms with Crippen LogP contribution in [-0.4, -0.2) is 11.7 Å². The molecule has 0 aliphatic carbocycles. The summed E-state index contributed by atoms with van der Waals surface area (Å²) in [6, 6.07) is 0. The van der Waals surface area contributed by atoms with E-state index < -0.39 is 12.8 Å². The molecule has 2 heteroatoms. The van der Waals surface area contributed by atoms with E-state index in [0.717, 1.165) is 6.08 Å². The normalized spacial score (nSPS) is 9.17.